The van der Waals surface area contributed by atoms with Gasteiger partial charge in [-0.3, -0.25) is 5.84 Å². The van der Waals surface area contributed by atoms with Gasteiger partial charge in [0.05, 0.1) is 27.0 Å². The first-order chi connectivity index (χ1) is 10.3. The minimum absolute atomic E-state index is 0.178. The molecule has 1 unspecified atom stereocenters. The lowest BCUT2D eigenvalue weighted by Crippen LogP contribution is -2.40. The normalized spacial score (nSPS) is 15.1. The van der Waals surface area contributed by atoms with E-state index in [-0.39, 0.29) is 11.6 Å². The van der Waals surface area contributed by atoms with Gasteiger partial charge in [-0.25, -0.2) is 4.98 Å². The molecular weight excluding hydrogens is 323 g/mol. The highest BCUT2D eigenvalue weighted by Gasteiger charge is 2.37. The Hall–Kier alpha value is -1.53. The molecule has 2 rings (SSSR count). The van der Waals surface area contributed by atoms with Gasteiger partial charge in [-0.1, -0.05) is 43.1 Å². The highest BCUT2D eigenvalue weighted by Crippen LogP contribution is 2.35. The molecule has 0 bridgehead atoms. The van der Waals surface area contributed by atoms with Crippen LogP contribution < -0.4 is 17.0 Å². The number of halogens is 2. The van der Waals surface area contributed by atoms with Gasteiger partial charge in [-0.05, 0) is 24.1 Å². The van der Waals surface area contributed by atoms with Gasteiger partial charge in [0.15, 0.2) is 0 Å². The summed E-state index contributed by atoms with van der Waals surface area (Å²) in [6.45, 7) is 3.69. The number of pyridine rings is 1. The van der Waals surface area contributed by atoms with Crippen LogP contribution in [0.1, 0.15) is 19.5 Å². The second kappa shape index (κ2) is 6.30. The summed E-state index contributed by atoms with van der Waals surface area (Å²) < 4.78 is 0. The van der Waals surface area contributed by atoms with Gasteiger partial charge in [0.1, 0.15) is 5.60 Å². The fourth-order valence-electron chi connectivity index (χ4n) is 2.31. The summed E-state index contributed by atoms with van der Waals surface area (Å²) in [6.07, 6.45) is 1.35. The molecule has 0 radical (unpaired) electrons. The monoisotopic (exact) mass is 340 g/mol. The van der Waals surface area contributed by atoms with Gasteiger partial charge in [0.25, 0.3) is 0 Å². The molecule has 0 aliphatic rings. The van der Waals surface area contributed by atoms with E-state index in [2.05, 4.69) is 10.4 Å². The van der Waals surface area contributed by atoms with Gasteiger partial charge in [-0.15, -0.1) is 0 Å². The number of aliphatic hydroxyl groups is 1. The third kappa shape index (κ3) is 2.85. The molecule has 2 aromatic rings. The lowest BCUT2D eigenvalue weighted by Gasteiger charge is -2.32. The largest absolute Gasteiger partial charge is 0.398 e. The van der Waals surface area contributed by atoms with Crippen molar-refractivity contribution in [2.24, 2.45) is 17.5 Å². The molecule has 6 N–H and O–H groups in total. The Morgan fingerprint density at radius 3 is 2.55 bits per heavy atom. The molecule has 0 aliphatic heterocycles. The lowest BCUT2D eigenvalue weighted by molar-refractivity contribution is 0.0216. The Morgan fingerprint density at radius 2 is 1.95 bits per heavy atom. The van der Waals surface area contributed by atoms with E-state index in [9.17, 15) is 5.11 Å². The number of hydrazine groups is 1. The first-order valence-electron chi connectivity index (χ1n) is 6.71. The molecule has 0 amide bonds. The average molecular weight is 341 g/mol. The Morgan fingerprint density at radius 1 is 1.32 bits per heavy atom. The fraction of sp³-hybridized carbons (Fsp3) is 0.267. The Labute approximate surface area is 138 Å². The minimum Gasteiger partial charge on any atom is -0.398 e. The van der Waals surface area contributed by atoms with Crippen molar-refractivity contribution in [3.63, 3.8) is 0 Å². The summed E-state index contributed by atoms with van der Waals surface area (Å²) in [5.74, 6) is 5.04. The fourth-order valence-corrected chi connectivity index (χ4v) is 2.64. The van der Waals surface area contributed by atoms with E-state index in [0.29, 0.717) is 21.3 Å². The van der Waals surface area contributed by atoms with E-state index >= 15 is 0 Å². The maximum absolute atomic E-state index is 11.0. The average Bonchev–Trinajstić information content (AvgIpc) is 2.47. The van der Waals surface area contributed by atoms with Crippen molar-refractivity contribution in [3.8, 4) is 0 Å². The number of fused-ring (bicyclic) bond motifs is 1. The highest BCUT2D eigenvalue weighted by atomic mass is 35.5. The van der Waals surface area contributed by atoms with Crippen LogP contribution >= 0.6 is 23.2 Å². The first kappa shape index (κ1) is 16.8. The van der Waals surface area contributed by atoms with Crippen LogP contribution in [0.15, 0.2) is 36.2 Å². The van der Waals surface area contributed by atoms with Gasteiger partial charge in [0, 0.05) is 11.6 Å². The second-order valence-electron chi connectivity index (χ2n) is 5.34. The Balaban J connectivity index is 2.65. The summed E-state index contributed by atoms with van der Waals surface area (Å²) in [5.41, 5.74) is 8.08. The van der Waals surface area contributed by atoms with E-state index in [1.54, 1.807) is 18.2 Å². The predicted octanol–water partition coefficient (Wildman–Crippen LogP) is 2.65. The molecule has 0 spiro atoms. The Kier molecular flexibility index (Phi) is 4.82. The second-order valence-corrected chi connectivity index (χ2v) is 6.16. The summed E-state index contributed by atoms with van der Waals surface area (Å²) in [4.78, 5) is 4.49. The molecule has 1 aromatic carbocycles. The molecule has 0 aliphatic carbocycles. The lowest BCUT2D eigenvalue weighted by atomic mass is 9.83. The van der Waals surface area contributed by atoms with Gasteiger partial charge < -0.3 is 16.3 Å². The number of hydrogen-bond donors (Lipinski definition) is 4. The maximum atomic E-state index is 11.0. The number of aromatic nitrogens is 1. The summed E-state index contributed by atoms with van der Waals surface area (Å²) in [5, 5.41) is 12.7. The van der Waals surface area contributed by atoms with Crippen LogP contribution in [0.2, 0.25) is 10.0 Å². The van der Waals surface area contributed by atoms with Crippen molar-refractivity contribution in [2.75, 3.05) is 0 Å². The Bertz CT molecular complexity index is 733. The van der Waals surface area contributed by atoms with Gasteiger partial charge >= 0.3 is 0 Å². The molecule has 1 heterocycles. The number of benzene rings is 1. The number of hydrogen-bond acceptors (Lipinski definition) is 5. The van der Waals surface area contributed by atoms with Crippen molar-refractivity contribution in [2.45, 2.75) is 19.4 Å². The van der Waals surface area contributed by atoms with Crippen LogP contribution in [-0.2, 0) is 5.60 Å². The molecule has 22 heavy (non-hydrogen) atoms. The number of nitrogens with two attached hydrogens (primary N) is 2. The number of nitrogens with zero attached hydrogens (tertiary/aromatic N) is 1. The molecule has 0 saturated heterocycles. The molecule has 5 nitrogen and oxygen atoms in total. The zero-order valence-corrected chi connectivity index (χ0v) is 13.8. The van der Waals surface area contributed by atoms with Crippen LogP contribution in [0, 0.1) is 5.92 Å². The minimum atomic E-state index is -1.45. The van der Waals surface area contributed by atoms with Crippen molar-refractivity contribution >= 4 is 34.1 Å². The summed E-state index contributed by atoms with van der Waals surface area (Å²) >= 11 is 12.0. The number of nitrogens with one attached hydrogen (secondary N) is 1. The van der Waals surface area contributed by atoms with Crippen molar-refractivity contribution < 1.29 is 5.11 Å². The topological polar surface area (TPSA) is 97.2 Å². The van der Waals surface area contributed by atoms with E-state index in [0.717, 1.165) is 5.39 Å². The van der Waals surface area contributed by atoms with Crippen LogP contribution in [0.5, 0.6) is 0 Å². The molecule has 7 heteroatoms. The third-order valence-corrected chi connectivity index (χ3v) is 4.36. The third-order valence-electron chi connectivity index (χ3n) is 3.64. The van der Waals surface area contributed by atoms with E-state index in [4.69, 9.17) is 34.8 Å². The molecule has 118 valence electrons. The summed E-state index contributed by atoms with van der Waals surface area (Å²) in [7, 11) is 0. The zero-order valence-electron chi connectivity index (χ0n) is 12.3. The standard InChI is InChI=1S/C15H18Cl2N4O/c1-8(2)15(22,13(18)7-20-19)14-4-3-9-5-10(16)11(17)6-12(9)21-14/h3-8,20,22H,18-19H2,1-2H3/b13-7-. The van der Waals surface area contributed by atoms with Crippen LogP contribution in [0.4, 0.5) is 0 Å². The molecule has 1 atom stereocenters. The SMILES string of the molecule is CC(C)C(O)(/C(N)=C/NN)c1ccc2cc(Cl)c(Cl)cc2n1. The van der Waals surface area contributed by atoms with E-state index in [1.165, 1.54) is 6.20 Å². The van der Waals surface area contributed by atoms with Crippen molar-refractivity contribution in [1.82, 2.24) is 10.4 Å². The summed E-state index contributed by atoms with van der Waals surface area (Å²) in [6, 6.07) is 6.91. The van der Waals surface area contributed by atoms with E-state index in [1.807, 2.05) is 19.9 Å². The van der Waals surface area contributed by atoms with Crippen LogP contribution in [0.25, 0.3) is 10.9 Å². The number of rotatable bonds is 4. The smallest absolute Gasteiger partial charge is 0.149 e. The van der Waals surface area contributed by atoms with Crippen molar-refractivity contribution in [3.05, 3.63) is 51.9 Å². The van der Waals surface area contributed by atoms with Gasteiger partial charge in [-0.2, -0.15) is 0 Å². The maximum Gasteiger partial charge on any atom is 0.149 e. The molecule has 0 saturated carbocycles. The van der Waals surface area contributed by atoms with Crippen LogP contribution in [0.3, 0.4) is 0 Å². The van der Waals surface area contributed by atoms with Gasteiger partial charge in [0.2, 0.25) is 0 Å². The molecule has 0 fully saturated rings. The zero-order chi connectivity index (χ0) is 16.5. The molecular formula is C15H18Cl2N4O. The van der Waals surface area contributed by atoms with E-state index < -0.39 is 5.60 Å². The van der Waals surface area contributed by atoms with Crippen molar-refractivity contribution in [1.29, 1.82) is 0 Å². The van der Waals surface area contributed by atoms with Crippen LogP contribution in [-0.4, -0.2) is 10.1 Å². The molecule has 1 aromatic heterocycles. The first-order valence-corrected chi connectivity index (χ1v) is 7.47. The quantitative estimate of drug-likeness (QED) is 0.506. The highest BCUT2D eigenvalue weighted by molar-refractivity contribution is 6.42. The predicted molar refractivity (Wildman–Crippen MR) is 90.1 cm³/mol.